The Morgan fingerprint density at radius 1 is 0.974 bits per heavy atom. The number of nitrogens with one attached hydrogen (secondary N) is 1. The zero-order chi connectivity index (χ0) is 27.8. The normalized spacial score (nSPS) is 14.5. The molecule has 1 fully saturated rings. The second-order valence-corrected chi connectivity index (χ2v) is 11.2. The number of halogens is 2. The Bertz CT molecular complexity index is 1280. The predicted molar refractivity (Wildman–Crippen MR) is 157 cm³/mol. The van der Waals surface area contributed by atoms with Crippen molar-refractivity contribution in [2.75, 3.05) is 6.61 Å². The molecule has 7 heteroatoms. The van der Waals surface area contributed by atoms with Crippen LogP contribution < -0.4 is 10.1 Å². The van der Waals surface area contributed by atoms with Gasteiger partial charge in [0.2, 0.25) is 5.91 Å². The Labute approximate surface area is 241 Å². The molecule has 0 aliphatic heterocycles. The Balaban J connectivity index is 1.64. The van der Waals surface area contributed by atoms with Crippen LogP contribution in [0.5, 0.6) is 5.75 Å². The van der Waals surface area contributed by atoms with Crippen molar-refractivity contribution in [2.24, 2.45) is 0 Å². The molecule has 3 aromatic rings. The number of hydrogen-bond acceptors (Lipinski definition) is 3. The summed E-state index contributed by atoms with van der Waals surface area (Å²) >= 11 is 12.7. The van der Waals surface area contributed by atoms with E-state index in [-0.39, 0.29) is 31.0 Å². The fourth-order valence-electron chi connectivity index (χ4n) is 5.12. The number of benzene rings is 3. The fraction of sp³-hybridized carbons (Fsp3) is 0.375. The minimum absolute atomic E-state index is 0.118. The Hall–Kier alpha value is -3.02. The van der Waals surface area contributed by atoms with Crippen molar-refractivity contribution in [1.29, 1.82) is 0 Å². The topological polar surface area (TPSA) is 58.6 Å². The summed E-state index contributed by atoms with van der Waals surface area (Å²) in [5, 5.41) is 4.20. The van der Waals surface area contributed by atoms with E-state index in [9.17, 15) is 9.59 Å². The summed E-state index contributed by atoms with van der Waals surface area (Å²) in [5.41, 5.74) is 3.75. The summed E-state index contributed by atoms with van der Waals surface area (Å²) < 4.78 is 5.97. The Kier molecular flexibility index (Phi) is 10.3. The van der Waals surface area contributed by atoms with Crippen LogP contribution in [0.2, 0.25) is 10.0 Å². The van der Waals surface area contributed by atoms with Crippen LogP contribution in [-0.2, 0) is 22.6 Å². The quantitative estimate of drug-likeness (QED) is 0.285. The molecular weight excluding hydrogens is 531 g/mol. The first-order valence-electron chi connectivity index (χ1n) is 13.6. The van der Waals surface area contributed by atoms with E-state index in [1.807, 2.05) is 62.4 Å². The first kappa shape index (κ1) is 29.0. The minimum atomic E-state index is -0.740. The summed E-state index contributed by atoms with van der Waals surface area (Å²) in [6.07, 6.45) is 5.67. The van der Waals surface area contributed by atoms with Crippen LogP contribution in [0.1, 0.15) is 54.4 Å². The van der Waals surface area contributed by atoms with E-state index in [0.29, 0.717) is 27.8 Å². The van der Waals surface area contributed by atoms with Gasteiger partial charge >= 0.3 is 0 Å². The van der Waals surface area contributed by atoms with Crippen LogP contribution in [0.25, 0.3) is 0 Å². The third-order valence-electron chi connectivity index (χ3n) is 7.26. The van der Waals surface area contributed by atoms with Gasteiger partial charge in [-0.15, -0.1) is 0 Å². The second kappa shape index (κ2) is 13.9. The van der Waals surface area contributed by atoms with Gasteiger partial charge in [-0.05, 0) is 61.6 Å². The maximum atomic E-state index is 13.9. The molecule has 1 aliphatic carbocycles. The lowest BCUT2D eigenvalue weighted by atomic mass is 9.94. The van der Waals surface area contributed by atoms with Crippen molar-refractivity contribution in [1.82, 2.24) is 10.2 Å². The molecule has 0 bridgehead atoms. The zero-order valence-corrected chi connectivity index (χ0v) is 24.1. The molecule has 2 amide bonds. The number of aryl methyl sites for hydroxylation is 2. The van der Waals surface area contributed by atoms with Gasteiger partial charge in [0.25, 0.3) is 5.91 Å². The summed E-state index contributed by atoms with van der Waals surface area (Å²) in [7, 11) is 0. The van der Waals surface area contributed by atoms with Crippen LogP contribution in [-0.4, -0.2) is 35.4 Å². The number of nitrogens with zero attached hydrogens (tertiary/aromatic N) is 1. The summed E-state index contributed by atoms with van der Waals surface area (Å²) in [6.45, 7) is 3.92. The molecule has 1 unspecified atom stereocenters. The molecule has 0 radical (unpaired) electrons. The highest BCUT2D eigenvalue weighted by molar-refractivity contribution is 6.35. The SMILES string of the molecule is Cc1ccc(OCC(=O)N(Cc2ccc(Cl)cc2Cl)C(Cc2ccccc2)C(=O)NC2CCCCC2)c(C)c1. The third-order valence-corrected chi connectivity index (χ3v) is 7.85. The van der Waals surface area contributed by atoms with E-state index in [1.54, 1.807) is 23.1 Å². The molecule has 1 aliphatic rings. The molecule has 4 rings (SSSR count). The van der Waals surface area contributed by atoms with Crippen molar-refractivity contribution in [2.45, 2.75) is 71.0 Å². The highest BCUT2D eigenvalue weighted by Gasteiger charge is 2.32. The third kappa shape index (κ3) is 8.23. The van der Waals surface area contributed by atoms with Crippen molar-refractivity contribution in [3.05, 3.63) is 99.0 Å². The van der Waals surface area contributed by atoms with Gasteiger partial charge in [-0.25, -0.2) is 0 Å². The van der Waals surface area contributed by atoms with Gasteiger partial charge in [0, 0.05) is 29.1 Å². The van der Waals surface area contributed by atoms with Gasteiger partial charge in [-0.3, -0.25) is 9.59 Å². The number of ether oxygens (including phenoxy) is 1. The smallest absolute Gasteiger partial charge is 0.261 e. The molecule has 5 nitrogen and oxygen atoms in total. The van der Waals surface area contributed by atoms with Crippen LogP contribution in [0.3, 0.4) is 0 Å². The lowest BCUT2D eigenvalue weighted by Gasteiger charge is -2.33. The lowest BCUT2D eigenvalue weighted by molar-refractivity contribution is -0.143. The average Bonchev–Trinajstić information content (AvgIpc) is 2.92. The molecule has 206 valence electrons. The molecule has 39 heavy (non-hydrogen) atoms. The van der Waals surface area contributed by atoms with Gasteiger partial charge in [0.1, 0.15) is 11.8 Å². The largest absolute Gasteiger partial charge is 0.483 e. The molecule has 1 saturated carbocycles. The van der Waals surface area contributed by atoms with E-state index in [2.05, 4.69) is 5.32 Å². The number of carbonyl (C=O) groups excluding carboxylic acids is 2. The van der Waals surface area contributed by atoms with E-state index in [1.165, 1.54) is 6.42 Å². The van der Waals surface area contributed by atoms with Gasteiger partial charge in [0.05, 0.1) is 0 Å². The van der Waals surface area contributed by atoms with Gasteiger partial charge in [-0.1, -0.05) is 96.6 Å². The molecule has 1 atom stereocenters. The molecule has 0 heterocycles. The average molecular weight is 568 g/mol. The van der Waals surface area contributed by atoms with E-state index in [4.69, 9.17) is 27.9 Å². The first-order chi connectivity index (χ1) is 18.8. The predicted octanol–water partition coefficient (Wildman–Crippen LogP) is 7.08. The number of carbonyl (C=O) groups is 2. The summed E-state index contributed by atoms with van der Waals surface area (Å²) in [4.78, 5) is 29.3. The van der Waals surface area contributed by atoms with Crippen LogP contribution >= 0.6 is 23.2 Å². The van der Waals surface area contributed by atoms with Crippen LogP contribution in [0.4, 0.5) is 0 Å². The number of hydrogen-bond donors (Lipinski definition) is 1. The van der Waals surface area contributed by atoms with Crippen molar-refractivity contribution < 1.29 is 14.3 Å². The van der Waals surface area contributed by atoms with Gasteiger partial charge in [0.15, 0.2) is 6.61 Å². The van der Waals surface area contributed by atoms with Crippen molar-refractivity contribution in [3.8, 4) is 5.75 Å². The van der Waals surface area contributed by atoms with Crippen molar-refractivity contribution in [3.63, 3.8) is 0 Å². The first-order valence-corrected chi connectivity index (χ1v) is 14.3. The minimum Gasteiger partial charge on any atom is -0.483 e. The molecule has 0 spiro atoms. The highest BCUT2D eigenvalue weighted by Crippen LogP contribution is 2.25. The zero-order valence-electron chi connectivity index (χ0n) is 22.6. The summed E-state index contributed by atoms with van der Waals surface area (Å²) in [6, 6.07) is 20.2. The van der Waals surface area contributed by atoms with E-state index >= 15 is 0 Å². The van der Waals surface area contributed by atoms with E-state index in [0.717, 1.165) is 42.4 Å². The standard InChI is InChI=1S/C32H36Cl2N2O3/c1-22-13-16-30(23(2)17-22)39-21-31(37)36(20-25-14-15-26(33)19-28(25)34)29(18-24-9-5-3-6-10-24)32(38)35-27-11-7-4-8-12-27/h3,5-6,9-10,13-17,19,27,29H,4,7-8,11-12,18,20-21H2,1-2H3,(H,35,38). The van der Waals surface area contributed by atoms with Crippen LogP contribution in [0.15, 0.2) is 66.7 Å². The summed E-state index contributed by atoms with van der Waals surface area (Å²) in [5.74, 6) is 0.195. The van der Waals surface area contributed by atoms with Gasteiger partial charge < -0.3 is 15.0 Å². The molecule has 1 N–H and O–H groups in total. The van der Waals surface area contributed by atoms with Crippen molar-refractivity contribution >= 4 is 35.0 Å². The maximum Gasteiger partial charge on any atom is 0.261 e. The molecule has 0 aromatic heterocycles. The van der Waals surface area contributed by atoms with Crippen LogP contribution in [0, 0.1) is 13.8 Å². The monoisotopic (exact) mass is 566 g/mol. The highest BCUT2D eigenvalue weighted by atomic mass is 35.5. The lowest BCUT2D eigenvalue weighted by Crippen LogP contribution is -2.53. The Morgan fingerprint density at radius 3 is 2.41 bits per heavy atom. The molecule has 3 aromatic carbocycles. The fourth-order valence-corrected chi connectivity index (χ4v) is 5.58. The second-order valence-electron chi connectivity index (χ2n) is 10.4. The number of rotatable bonds is 10. The van der Waals surface area contributed by atoms with Gasteiger partial charge in [-0.2, -0.15) is 0 Å². The maximum absolute atomic E-state index is 13.9. The van der Waals surface area contributed by atoms with E-state index < -0.39 is 6.04 Å². The Morgan fingerprint density at radius 2 is 1.72 bits per heavy atom. The number of amides is 2. The molecular formula is C32H36Cl2N2O3. The molecule has 0 saturated heterocycles.